The third kappa shape index (κ3) is 4.59. The number of nitrogens with zero attached hydrogens (tertiary/aromatic N) is 3. The monoisotopic (exact) mass is 482 g/mol. The zero-order valence-corrected chi connectivity index (χ0v) is 18.5. The average Bonchev–Trinajstić information content (AvgIpc) is 3.06. The first-order valence-corrected chi connectivity index (χ1v) is 10.2. The lowest BCUT2D eigenvalue weighted by molar-refractivity contribution is -0.384. The number of hydrogen-bond donors (Lipinski definition) is 1. The number of para-hydroxylation sites is 1. The maximum atomic E-state index is 12.2. The van der Waals surface area contributed by atoms with Gasteiger partial charge in [0.15, 0.2) is 0 Å². The Morgan fingerprint density at radius 2 is 2.00 bits per heavy atom. The first-order valence-electron chi connectivity index (χ1n) is 9.40. The highest BCUT2D eigenvalue weighted by Crippen LogP contribution is 2.33. The van der Waals surface area contributed by atoms with Crippen LogP contribution in [0.1, 0.15) is 28.4 Å². The standard InChI is InChI=1S/C22H19BrN4O4/c1-3-31-22(28)17-5-4-6-18(27(29)30)20(17)25-12-14-7-9-15(10-8-14)19-16(11-24)13-26(2)21(19)23/h4-10,13,25H,3,12H2,1-2H3. The Kier molecular flexibility index (Phi) is 6.72. The first-order chi connectivity index (χ1) is 14.9. The van der Waals surface area contributed by atoms with Crippen LogP contribution in [-0.4, -0.2) is 22.1 Å². The van der Waals surface area contributed by atoms with E-state index in [1.54, 1.807) is 13.1 Å². The Hall–Kier alpha value is -3.64. The lowest BCUT2D eigenvalue weighted by Crippen LogP contribution is -2.11. The third-order valence-corrected chi connectivity index (χ3v) is 5.63. The summed E-state index contributed by atoms with van der Waals surface area (Å²) in [6.45, 7) is 2.10. The molecule has 3 aromatic rings. The van der Waals surface area contributed by atoms with E-state index in [0.717, 1.165) is 21.3 Å². The van der Waals surface area contributed by atoms with E-state index < -0.39 is 10.9 Å². The van der Waals surface area contributed by atoms with Crippen LogP contribution in [0.25, 0.3) is 11.1 Å². The van der Waals surface area contributed by atoms with Crippen molar-refractivity contribution in [3.8, 4) is 17.2 Å². The van der Waals surface area contributed by atoms with Gasteiger partial charge in [0.05, 0.1) is 27.3 Å². The normalized spacial score (nSPS) is 10.4. The molecule has 1 heterocycles. The molecule has 158 valence electrons. The summed E-state index contributed by atoms with van der Waals surface area (Å²) in [6, 6.07) is 14.0. The van der Waals surface area contributed by atoms with E-state index in [4.69, 9.17) is 4.74 Å². The number of esters is 1. The molecule has 0 spiro atoms. The van der Waals surface area contributed by atoms with Crippen molar-refractivity contribution in [2.45, 2.75) is 13.5 Å². The van der Waals surface area contributed by atoms with Crippen LogP contribution in [0.5, 0.6) is 0 Å². The lowest BCUT2D eigenvalue weighted by atomic mass is 10.0. The number of nitro benzene ring substituents is 1. The topological polar surface area (TPSA) is 110 Å². The van der Waals surface area contributed by atoms with Crippen molar-refractivity contribution in [2.75, 3.05) is 11.9 Å². The van der Waals surface area contributed by atoms with E-state index in [-0.39, 0.29) is 30.1 Å². The van der Waals surface area contributed by atoms with E-state index >= 15 is 0 Å². The van der Waals surface area contributed by atoms with E-state index in [2.05, 4.69) is 27.3 Å². The van der Waals surface area contributed by atoms with Crippen molar-refractivity contribution >= 4 is 33.3 Å². The maximum Gasteiger partial charge on any atom is 0.340 e. The Morgan fingerprint density at radius 1 is 1.29 bits per heavy atom. The van der Waals surface area contributed by atoms with Gasteiger partial charge in [-0.25, -0.2) is 4.79 Å². The van der Waals surface area contributed by atoms with Gasteiger partial charge in [-0.1, -0.05) is 30.3 Å². The number of hydrogen-bond acceptors (Lipinski definition) is 6. The molecule has 0 atom stereocenters. The molecular weight excluding hydrogens is 464 g/mol. The summed E-state index contributed by atoms with van der Waals surface area (Å²) in [5.74, 6) is -0.623. The van der Waals surface area contributed by atoms with Crippen LogP contribution < -0.4 is 5.32 Å². The molecule has 0 aliphatic heterocycles. The largest absolute Gasteiger partial charge is 0.462 e. The number of benzene rings is 2. The van der Waals surface area contributed by atoms with Crippen LogP contribution in [0.3, 0.4) is 0 Å². The van der Waals surface area contributed by atoms with Crippen LogP contribution >= 0.6 is 15.9 Å². The van der Waals surface area contributed by atoms with Crippen molar-refractivity contribution in [1.29, 1.82) is 5.26 Å². The number of anilines is 1. The number of carbonyl (C=O) groups excluding carboxylic acids is 1. The highest BCUT2D eigenvalue weighted by Gasteiger charge is 2.22. The molecule has 0 saturated heterocycles. The predicted molar refractivity (Wildman–Crippen MR) is 120 cm³/mol. The van der Waals surface area contributed by atoms with Gasteiger partial charge in [-0.15, -0.1) is 0 Å². The minimum Gasteiger partial charge on any atom is -0.462 e. The van der Waals surface area contributed by atoms with E-state index in [1.807, 2.05) is 35.9 Å². The fraction of sp³-hybridized carbons (Fsp3) is 0.182. The Balaban J connectivity index is 1.87. The Labute approximate surface area is 187 Å². The Bertz CT molecular complexity index is 1180. The van der Waals surface area contributed by atoms with Crippen molar-refractivity contribution in [2.24, 2.45) is 7.05 Å². The maximum absolute atomic E-state index is 12.2. The molecule has 31 heavy (non-hydrogen) atoms. The summed E-state index contributed by atoms with van der Waals surface area (Å²) >= 11 is 3.51. The van der Waals surface area contributed by atoms with Crippen LogP contribution in [0, 0.1) is 21.4 Å². The SMILES string of the molecule is CCOC(=O)c1cccc([N+](=O)[O-])c1NCc1ccc(-c2c(C#N)cn(C)c2Br)cc1. The summed E-state index contributed by atoms with van der Waals surface area (Å²) < 4.78 is 7.65. The molecule has 0 radical (unpaired) electrons. The second kappa shape index (κ2) is 9.45. The molecule has 0 bridgehead atoms. The smallest absolute Gasteiger partial charge is 0.340 e. The quantitative estimate of drug-likeness (QED) is 0.287. The van der Waals surface area contributed by atoms with Gasteiger partial charge in [-0.05, 0) is 40.0 Å². The molecule has 1 aromatic heterocycles. The third-order valence-electron chi connectivity index (χ3n) is 4.67. The van der Waals surface area contributed by atoms with Gasteiger partial charge >= 0.3 is 5.97 Å². The number of aromatic nitrogens is 1. The molecule has 1 N–H and O–H groups in total. The summed E-state index contributed by atoms with van der Waals surface area (Å²) in [5.41, 5.74) is 3.10. The molecule has 0 fully saturated rings. The van der Waals surface area contributed by atoms with Gasteiger partial charge in [0, 0.05) is 31.4 Å². The van der Waals surface area contributed by atoms with Gasteiger partial charge in [0.25, 0.3) is 5.69 Å². The number of nitriles is 1. The molecule has 2 aromatic carbocycles. The minimum absolute atomic E-state index is 0.111. The van der Waals surface area contributed by atoms with Gasteiger partial charge in [-0.2, -0.15) is 5.26 Å². The summed E-state index contributed by atoms with van der Waals surface area (Å²) in [7, 11) is 1.85. The number of nitro groups is 1. The number of ether oxygens (including phenoxy) is 1. The van der Waals surface area contributed by atoms with Crippen molar-refractivity contribution < 1.29 is 14.5 Å². The van der Waals surface area contributed by atoms with Gasteiger partial charge < -0.3 is 14.6 Å². The highest BCUT2D eigenvalue weighted by atomic mass is 79.9. The van der Waals surface area contributed by atoms with Crippen molar-refractivity contribution in [3.63, 3.8) is 0 Å². The van der Waals surface area contributed by atoms with E-state index in [1.165, 1.54) is 18.2 Å². The lowest BCUT2D eigenvalue weighted by Gasteiger charge is -2.12. The predicted octanol–water partition coefficient (Wildman–Crippen LogP) is 5.02. The van der Waals surface area contributed by atoms with Crippen molar-refractivity contribution in [3.05, 3.63) is 80.1 Å². The van der Waals surface area contributed by atoms with Crippen LogP contribution in [-0.2, 0) is 18.3 Å². The number of carbonyl (C=O) groups is 1. The van der Waals surface area contributed by atoms with Gasteiger partial charge in [-0.3, -0.25) is 10.1 Å². The molecule has 0 saturated carbocycles. The van der Waals surface area contributed by atoms with Crippen LogP contribution in [0.15, 0.2) is 53.3 Å². The minimum atomic E-state index is -0.623. The van der Waals surface area contributed by atoms with Crippen LogP contribution in [0.2, 0.25) is 0 Å². The molecule has 8 nitrogen and oxygen atoms in total. The van der Waals surface area contributed by atoms with E-state index in [0.29, 0.717) is 5.56 Å². The fourth-order valence-electron chi connectivity index (χ4n) is 3.20. The number of nitrogens with one attached hydrogen (secondary N) is 1. The van der Waals surface area contributed by atoms with E-state index in [9.17, 15) is 20.2 Å². The van der Waals surface area contributed by atoms with Gasteiger partial charge in [0.1, 0.15) is 11.8 Å². The molecule has 3 rings (SSSR count). The highest BCUT2D eigenvalue weighted by molar-refractivity contribution is 9.10. The molecular formula is C22H19BrN4O4. The number of aryl methyl sites for hydroxylation is 1. The average molecular weight is 483 g/mol. The zero-order valence-electron chi connectivity index (χ0n) is 16.9. The zero-order chi connectivity index (χ0) is 22.5. The second-order valence-corrected chi connectivity index (χ2v) is 7.41. The van der Waals surface area contributed by atoms with Crippen LogP contribution in [0.4, 0.5) is 11.4 Å². The first kappa shape index (κ1) is 22.1. The second-order valence-electron chi connectivity index (χ2n) is 6.66. The summed E-state index contributed by atoms with van der Waals surface area (Å²) in [4.78, 5) is 23.1. The molecule has 0 aliphatic carbocycles. The summed E-state index contributed by atoms with van der Waals surface area (Å²) in [6.07, 6.45) is 1.75. The van der Waals surface area contributed by atoms with Crippen molar-refractivity contribution in [1.82, 2.24) is 4.57 Å². The Morgan fingerprint density at radius 3 is 2.61 bits per heavy atom. The molecule has 0 aliphatic rings. The molecule has 0 unspecified atom stereocenters. The fourth-order valence-corrected chi connectivity index (χ4v) is 3.74. The number of halogens is 1. The number of rotatable bonds is 7. The summed E-state index contributed by atoms with van der Waals surface area (Å²) in [5, 5.41) is 23.8. The van der Waals surface area contributed by atoms with Gasteiger partial charge in [0.2, 0.25) is 0 Å². The molecule has 9 heteroatoms. The molecule has 0 amide bonds.